The number of alkyl carbamates (subject to hydrolysis) is 1. The van der Waals surface area contributed by atoms with Gasteiger partial charge in [-0.05, 0) is 84.4 Å². The number of hydrogen-bond donors (Lipinski definition) is 1. The van der Waals surface area contributed by atoms with E-state index in [-0.39, 0.29) is 12.7 Å². The predicted octanol–water partition coefficient (Wildman–Crippen LogP) is 7.05. The highest BCUT2D eigenvalue weighted by Gasteiger charge is 2.37. The summed E-state index contributed by atoms with van der Waals surface area (Å²) in [6.45, 7) is 3.41. The van der Waals surface area contributed by atoms with Gasteiger partial charge in [-0.15, -0.1) is 0 Å². The maximum Gasteiger partial charge on any atom is 0.408 e. The van der Waals surface area contributed by atoms with Gasteiger partial charge in [0.15, 0.2) is 0 Å². The summed E-state index contributed by atoms with van der Waals surface area (Å²) >= 11 is 0. The van der Waals surface area contributed by atoms with E-state index in [1.165, 1.54) is 12.5 Å². The van der Waals surface area contributed by atoms with E-state index in [2.05, 4.69) is 10.2 Å². The smallest absolute Gasteiger partial charge is 0.408 e. The number of esters is 1. The van der Waals surface area contributed by atoms with Crippen molar-refractivity contribution in [3.8, 4) is 5.75 Å². The number of carbonyl (C=O) groups is 2. The van der Waals surface area contributed by atoms with Crippen LogP contribution < -0.4 is 10.1 Å². The van der Waals surface area contributed by atoms with E-state index in [1.54, 1.807) is 12.1 Å². The molecule has 8 rings (SSSR count). The summed E-state index contributed by atoms with van der Waals surface area (Å²) in [6.07, 6.45) is 4.19. The highest BCUT2D eigenvalue weighted by Crippen LogP contribution is 2.31. The van der Waals surface area contributed by atoms with Crippen LogP contribution in [-0.2, 0) is 32.2 Å². The number of carbonyl (C=O) groups excluding carboxylic acids is 2. The lowest BCUT2D eigenvalue weighted by Crippen LogP contribution is -2.52. The standard InChI is InChI=1S/C39H38N2O7/c42-37(47-26-28-6-4-10-33(22-28)38-44-20-21-45-38)31-14-12-27(13-15-31)25-46-34-11-5-9-32(23-34)36(30-7-2-1-3-8-30)40-39(43)48-35-24-41-18-16-29(35)17-19-41/h1-15,20-23,29,35-36,38H,16-19,24-26H2,(H,40,43)/t35-,36-/m0/s1. The van der Waals surface area contributed by atoms with Crippen molar-refractivity contribution in [2.45, 2.75) is 44.5 Å². The minimum atomic E-state index is -0.483. The zero-order valence-corrected chi connectivity index (χ0v) is 26.5. The van der Waals surface area contributed by atoms with Gasteiger partial charge in [-0.25, -0.2) is 9.59 Å². The Morgan fingerprint density at radius 3 is 2.29 bits per heavy atom. The lowest BCUT2D eigenvalue weighted by molar-refractivity contribution is -0.0336. The van der Waals surface area contributed by atoms with E-state index in [0.717, 1.165) is 60.3 Å². The molecule has 246 valence electrons. The maximum atomic E-state index is 13.2. The zero-order valence-electron chi connectivity index (χ0n) is 26.5. The summed E-state index contributed by atoms with van der Waals surface area (Å²) < 4.78 is 28.4. The molecular formula is C39H38N2O7. The van der Waals surface area contributed by atoms with Gasteiger partial charge in [-0.1, -0.05) is 72.8 Å². The molecule has 4 aromatic rings. The fraction of sp³-hybridized carbons (Fsp3) is 0.282. The molecule has 4 aliphatic heterocycles. The van der Waals surface area contributed by atoms with Crippen molar-refractivity contribution in [2.24, 2.45) is 5.92 Å². The molecule has 4 aromatic carbocycles. The quantitative estimate of drug-likeness (QED) is 0.173. The van der Waals surface area contributed by atoms with Crippen LogP contribution in [0.25, 0.3) is 0 Å². The zero-order chi connectivity index (χ0) is 32.7. The molecule has 9 heteroatoms. The van der Waals surface area contributed by atoms with E-state index in [1.807, 2.05) is 91.0 Å². The summed E-state index contributed by atoms with van der Waals surface area (Å²) in [5, 5.41) is 3.12. The minimum absolute atomic E-state index is 0.0748. The van der Waals surface area contributed by atoms with E-state index >= 15 is 0 Å². The molecule has 3 saturated heterocycles. The predicted molar refractivity (Wildman–Crippen MR) is 178 cm³/mol. The highest BCUT2D eigenvalue weighted by molar-refractivity contribution is 5.89. The molecule has 1 amide bonds. The molecule has 0 aromatic heterocycles. The SMILES string of the molecule is O=C(N[C@@H](c1ccccc1)c1cccc(OCc2ccc(C(=O)OCc3cccc(C4OC=CO4)c3)cc2)c1)O[C@H]1CN2CCC1CC2. The first-order valence-electron chi connectivity index (χ1n) is 16.4. The Kier molecular flexibility index (Phi) is 9.56. The molecule has 9 nitrogen and oxygen atoms in total. The Morgan fingerprint density at radius 1 is 0.792 bits per heavy atom. The molecule has 0 saturated carbocycles. The minimum Gasteiger partial charge on any atom is -0.489 e. The van der Waals surface area contributed by atoms with Crippen LogP contribution in [0.2, 0.25) is 0 Å². The van der Waals surface area contributed by atoms with Crippen LogP contribution in [0.5, 0.6) is 5.75 Å². The Bertz CT molecular complexity index is 1730. The number of amides is 1. The molecule has 0 unspecified atom stereocenters. The molecule has 48 heavy (non-hydrogen) atoms. The number of benzene rings is 4. The topological polar surface area (TPSA) is 95.6 Å². The third-order valence-electron chi connectivity index (χ3n) is 9.09. The second kappa shape index (κ2) is 14.6. The third-order valence-corrected chi connectivity index (χ3v) is 9.09. The Hall–Kier alpha value is -5.28. The van der Waals surface area contributed by atoms with Gasteiger partial charge in [0.1, 0.15) is 37.6 Å². The molecule has 1 N–H and O–H groups in total. The molecular weight excluding hydrogens is 608 g/mol. The lowest BCUT2D eigenvalue weighted by Gasteiger charge is -2.43. The Labute approximate surface area is 280 Å². The van der Waals surface area contributed by atoms with Crippen molar-refractivity contribution in [1.82, 2.24) is 10.2 Å². The van der Waals surface area contributed by atoms with Gasteiger partial charge in [0.2, 0.25) is 0 Å². The van der Waals surface area contributed by atoms with Crippen LogP contribution in [-0.4, -0.2) is 42.7 Å². The fourth-order valence-electron chi connectivity index (χ4n) is 6.48. The van der Waals surface area contributed by atoms with E-state index in [0.29, 0.717) is 23.8 Å². The average molecular weight is 647 g/mol. The molecule has 0 radical (unpaired) electrons. The summed E-state index contributed by atoms with van der Waals surface area (Å²) in [4.78, 5) is 28.3. The molecule has 4 heterocycles. The van der Waals surface area contributed by atoms with Gasteiger partial charge in [-0.3, -0.25) is 4.90 Å². The van der Waals surface area contributed by atoms with Crippen LogP contribution >= 0.6 is 0 Å². The van der Waals surface area contributed by atoms with Crippen molar-refractivity contribution < 1.29 is 33.3 Å². The van der Waals surface area contributed by atoms with Crippen LogP contribution in [0, 0.1) is 5.92 Å². The first kappa shape index (κ1) is 31.3. The van der Waals surface area contributed by atoms with Crippen molar-refractivity contribution in [2.75, 3.05) is 19.6 Å². The number of nitrogens with zero attached hydrogens (tertiary/aromatic N) is 1. The molecule has 3 fully saturated rings. The number of ether oxygens (including phenoxy) is 5. The van der Waals surface area contributed by atoms with Gasteiger partial charge < -0.3 is 29.0 Å². The molecule has 0 aliphatic carbocycles. The van der Waals surface area contributed by atoms with Crippen molar-refractivity contribution >= 4 is 12.1 Å². The van der Waals surface area contributed by atoms with Crippen LogP contribution in [0.3, 0.4) is 0 Å². The summed E-state index contributed by atoms with van der Waals surface area (Å²) in [6, 6.07) is 31.9. The summed E-state index contributed by atoms with van der Waals surface area (Å²) in [5.74, 6) is 0.680. The average Bonchev–Trinajstić information content (AvgIpc) is 3.69. The molecule has 2 atom stereocenters. The van der Waals surface area contributed by atoms with E-state index in [9.17, 15) is 9.59 Å². The van der Waals surface area contributed by atoms with E-state index in [4.69, 9.17) is 23.7 Å². The molecule has 0 spiro atoms. The van der Waals surface area contributed by atoms with Gasteiger partial charge in [-0.2, -0.15) is 0 Å². The van der Waals surface area contributed by atoms with Crippen LogP contribution in [0.1, 0.15) is 63.3 Å². The van der Waals surface area contributed by atoms with Gasteiger partial charge in [0.05, 0.1) is 11.6 Å². The first-order chi connectivity index (χ1) is 23.6. The Balaban J connectivity index is 0.948. The van der Waals surface area contributed by atoms with Crippen LogP contribution in [0.4, 0.5) is 4.79 Å². The van der Waals surface area contributed by atoms with Crippen LogP contribution in [0.15, 0.2) is 116 Å². The monoisotopic (exact) mass is 646 g/mol. The third kappa shape index (κ3) is 7.64. The van der Waals surface area contributed by atoms with Crippen molar-refractivity contribution in [3.63, 3.8) is 0 Å². The first-order valence-corrected chi connectivity index (χ1v) is 16.4. The highest BCUT2D eigenvalue weighted by atomic mass is 16.7. The second-order valence-electron chi connectivity index (χ2n) is 12.3. The number of nitrogens with one attached hydrogen (secondary N) is 1. The van der Waals surface area contributed by atoms with E-state index < -0.39 is 24.4 Å². The number of rotatable bonds is 11. The fourth-order valence-corrected chi connectivity index (χ4v) is 6.48. The summed E-state index contributed by atoms with van der Waals surface area (Å²) in [7, 11) is 0. The molecule has 2 bridgehead atoms. The Morgan fingerprint density at radius 2 is 1.54 bits per heavy atom. The maximum absolute atomic E-state index is 13.2. The number of piperidine rings is 3. The van der Waals surface area contributed by atoms with Gasteiger partial charge in [0, 0.05) is 12.1 Å². The van der Waals surface area contributed by atoms with Gasteiger partial charge in [0.25, 0.3) is 6.29 Å². The number of fused-ring (bicyclic) bond motifs is 3. The lowest BCUT2D eigenvalue weighted by atomic mass is 9.86. The molecule has 4 aliphatic rings. The largest absolute Gasteiger partial charge is 0.489 e. The normalized spacial score (nSPS) is 20.3. The van der Waals surface area contributed by atoms with Crippen molar-refractivity contribution in [1.29, 1.82) is 0 Å². The van der Waals surface area contributed by atoms with Crippen molar-refractivity contribution in [3.05, 3.63) is 149 Å². The summed E-state index contributed by atoms with van der Waals surface area (Å²) in [5.41, 5.74) is 4.86. The number of hydrogen-bond acceptors (Lipinski definition) is 8. The second-order valence-corrected chi connectivity index (χ2v) is 12.3. The van der Waals surface area contributed by atoms with Gasteiger partial charge >= 0.3 is 12.1 Å².